The van der Waals surface area contributed by atoms with Crippen molar-refractivity contribution < 1.29 is 27.6 Å². The molecule has 0 bridgehead atoms. The van der Waals surface area contributed by atoms with Gasteiger partial charge in [0.2, 0.25) is 17.7 Å². The van der Waals surface area contributed by atoms with Crippen molar-refractivity contribution in [3.8, 4) is 0 Å². The van der Waals surface area contributed by atoms with E-state index >= 15 is 0 Å². The Labute approximate surface area is 142 Å². The van der Waals surface area contributed by atoms with E-state index in [2.05, 4.69) is 10.6 Å². The van der Waals surface area contributed by atoms with Crippen LogP contribution in [0.2, 0.25) is 0 Å². The first-order chi connectivity index (χ1) is 11.9. The van der Waals surface area contributed by atoms with E-state index < -0.39 is 41.5 Å². The molecule has 3 amide bonds. The van der Waals surface area contributed by atoms with E-state index in [1.165, 1.54) is 0 Å². The Morgan fingerprint density at radius 2 is 1.56 bits per heavy atom. The summed E-state index contributed by atoms with van der Waals surface area (Å²) in [6, 6.07) is 1.54. The highest BCUT2D eigenvalue weighted by Gasteiger charge is 2.22. The number of anilines is 1. The van der Waals surface area contributed by atoms with Crippen LogP contribution in [-0.4, -0.2) is 30.8 Å². The lowest BCUT2D eigenvalue weighted by molar-refractivity contribution is -0.128. The minimum Gasteiger partial charge on any atom is -0.347 e. The second kappa shape index (κ2) is 8.50. The average Bonchev–Trinajstić information content (AvgIpc) is 3.13. The fourth-order valence-electron chi connectivity index (χ4n) is 2.56. The van der Waals surface area contributed by atoms with Gasteiger partial charge >= 0.3 is 0 Å². The van der Waals surface area contributed by atoms with E-state index in [0.29, 0.717) is 6.07 Å². The zero-order valence-corrected chi connectivity index (χ0v) is 13.3. The molecule has 3 N–H and O–H groups in total. The van der Waals surface area contributed by atoms with E-state index in [1.807, 2.05) is 5.32 Å². The first kappa shape index (κ1) is 18.8. The zero-order valence-electron chi connectivity index (χ0n) is 13.3. The number of hydrogen-bond donors (Lipinski definition) is 3. The molecule has 0 atom stereocenters. The molecule has 9 heteroatoms. The van der Waals surface area contributed by atoms with Gasteiger partial charge in [0.05, 0.1) is 18.8 Å². The first-order valence-electron chi connectivity index (χ1n) is 7.86. The fourth-order valence-corrected chi connectivity index (χ4v) is 2.56. The van der Waals surface area contributed by atoms with Crippen LogP contribution in [0, 0.1) is 23.4 Å². The molecule has 0 aliphatic heterocycles. The van der Waals surface area contributed by atoms with Gasteiger partial charge in [0, 0.05) is 5.92 Å². The number of carbonyl (C=O) groups is 3. The summed E-state index contributed by atoms with van der Waals surface area (Å²) in [5.74, 6) is -6.28. The van der Waals surface area contributed by atoms with Gasteiger partial charge in [-0.25, -0.2) is 13.2 Å². The van der Waals surface area contributed by atoms with Crippen LogP contribution >= 0.6 is 0 Å². The SMILES string of the molecule is O=C(CNC(=O)C1CCCC1)NCC(=O)Nc1ccc(F)c(F)c1F. The number of hydrogen-bond acceptors (Lipinski definition) is 3. The van der Waals surface area contributed by atoms with E-state index in [-0.39, 0.29) is 18.4 Å². The van der Waals surface area contributed by atoms with Crippen molar-refractivity contribution in [1.82, 2.24) is 10.6 Å². The Morgan fingerprint density at radius 1 is 0.920 bits per heavy atom. The fraction of sp³-hybridized carbons (Fsp3) is 0.438. The molecule has 136 valence electrons. The zero-order chi connectivity index (χ0) is 18.4. The Hall–Kier alpha value is -2.58. The van der Waals surface area contributed by atoms with E-state index in [0.717, 1.165) is 31.7 Å². The third kappa shape index (κ3) is 5.20. The van der Waals surface area contributed by atoms with Crippen molar-refractivity contribution in [1.29, 1.82) is 0 Å². The van der Waals surface area contributed by atoms with Gasteiger partial charge in [-0.1, -0.05) is 12.8 Å². The second-order valence-electron chi connectivity index (χ2n) is 5.75. The summed E-state index contributed by atoms with van der Waals surface area (Å²) in [5.41, 5.74) is -0.535. The van der Waals surface area contributed by atoms with E-state index in [1.54, 1.807) is 0 Å². The largest absolute Gasteiger partial charge is 0.347 e. The number of rotatable bonds is 6. The number of amides is 3. The summed E-state index contributed by atoms with van der Waals surface area (Å²) in [4.78, 5) is 35.0. The van der Waals surface area contributed by atoms with Crippen molar-refractivity contribution in [3.63, 3.8) is 0 Å². The van der Waals surface area contributed by atoms with Gasteiger partial charge in [-0.2, -0.15) is 0 Å². The maximum absolute atomic E-state index is 13.4. The van der Waals surface area contributed by atoms with Crippen LogP contribution in [0.4, 0.5) is 18.9 Å². The minimum atomic E-state index is -1.70. The maximum atomic E-state index is 13.4. The highest BCUT2D eigenvalue weighted by Crippen LogP contribution is 2.24. The van der Waals surface area contributed by atoms with Crippen molar-refractivity contribution in [2.24, 2.45) is 5.92 Å². The van der Waals surface area contributed by atoms with Gasteiger partial charge in [-0.3, -0.25) is 14.4 Å². The quantitative estimate of drug-likeness (QED) is 0.674. The van der Waals surface area contributed by atoms with Crippen molar-refractivity contribution in [2.45, 2.75) is 25.7 Å². The standard InChI is InChI=1S/C16H18F3N3O3/c17-10-5-6-11(15(19)14(10)18)22-13(24)8-20-12(23)7-21-16(25)9-3-1-2-4-9/h5-6,9H,1-4,7-8H2,(H,20,23)(H,21,25)(H,22,24). The molecule has 0 radical (unpaired) electrons. The lowest BCUT2D eigenvalue weighted by Crippen LogP contribution is -2.41. The first-order valence-corrected chi connectivity index (χ1v) is 7.86. The third-order valence-electron chi connectivity index (χ3n) is 3.90. The summed E-state index contributed by atoms with van der Waals surface area (Å²) >= 11 is 0. The molecule has 1 aliphatic rings. The van der Waals surface area contributed by atoms with Crippen LogP contribution in [0.5, 0.6) is 0 Å². The lowest BCUT2D eigenvalue weighted by Gasteiger charge is -2.11. The van der Waals surface area contributed by atoms with Gasteiger partial charge in [0.25, 0.3) is 0 Å². The molecular formula is C16H18F3N3O3. The predicted molar refractivity (Wildman–Crippen MR) is 82.9 cm³/mol. The smallest absolute Gasteiger partial charge is 0.243 e. The summed E-state index contributed by atoms with van der Waals surface area (Å²) in [6.07, 6.45) is 3.58. The molecule has 2 rings (SSSR count). The topological polar surface area (TPSA) is 87.3 Å². The summed E-state index contributed by atoms with van der Waals surface area (Å²) < 4.78 is 39.3. The molecular weight excluding hydrogens is 339 g/mol. The molecule has 25 heavy (non-hydrogen) atoms. The molecule has 1 aromatic carbocycles. The molecule has 6 nitrogen and oxygen atoms in total. The van der Waals surface area contributed by atoms with Crippen molar-refractivity contribution >= 4 is 23.4 Å². The Morgan fingerprint density at radius 3 is 2.24 bits per heavy atom. The number of nitrogens with one attached hydrogen (secondary N) is 3. The van der Waals surface area contributed by atoms with Crippen LogP contribution < -0.4 is 16.0 Å². The summed E-state index contributed by atoms with van der Waals surface area (Å²) in [5, 5.41) is 6.75. The summed E-state index contributed by atoms with van der Waals surface area (Å²) in [6.45, 7) is -0.779. The molecule has 0 spiro atoms. The van der Waals surface area contributed by atoms with Crippen LogP contribution in [0.15, 0.2) is 12.1 Å². The summed E-state index contributed by atoms with van der Waals surface area (Å²) in [7, 11) is 0. The highest BCUT2D eigenvalue weighted by molar-refractivity contribution is 5.95. The molecule has 0 unspecified atom stereocenters. The average molecular weight is 357 g/mol. The Bertz CT molecular complexity index is 676. The maximum Gasteiger partial charge on any atom is 0.243 e. The Balaban J connectivity index is 1.73. The van der Waals surface area contributed by atoms with Crippen molar-refractivity contribution in [3.05, 3.63) is 29.6 Å². The van der Waals surface area contributed by atoms with Gasteiger partial charge < -0.3 is 16.0 Å². The van der Waals surface area contributed by atoms with Gasteiger partial charge in [-0.05, 0) is 25.0 Å². The molecule has 0 heterocycles. The Kier molecular flexibility index (Phi) is 6.37. The number of carbonyl (C=O) groups excluding carboxylic acids is 3. The van der Waals surface area contributed by atoms with Crippen molar-refractivity contribution in [2.75, 3.05) is 18.4 Å². The number of benzene rings is 1. The predicted octanol–water partition coefficient (Wildman–Crippen LogP) is 1.46. The minimum absolute atomic E-state index is 0.0764. The second-order valence-corrected chi connectivity index (χ2v) is 5.75. The monoisotopic (exact) mass is 357 g/mol. The lowest BCUT2D eigenvalue weighted by atomic mass is 10.1. The highest BCUT2D eigenvalue weighted by atomic mass is 19.2. The molecule has 1 aliphatic carbocycles. The van der Waals surface area contributed by atoms with E-state index in [4.69, 9.17) is 0 Å². The van der Waals surface area contributed by atoms with Crippen LogP contribution in [-0.2, 0) is 14.4 Å². The molecule has 1 aromatic rings. The molecule has 1 saturated carbocycles. The van der Waals surface area contributed by atoms with Crippen LogP contribution in [0.1, 0.15) is 25.7 Å². The molecule has 0 aromatic heterocycles. The van der Waals surface area contributed by atoms with Gasteiger partial charge in [0.1, 0.15) is 0 Å². The van der Waals surface area contributed by atoms with E-state index in [9.17, 15) is 27.6 Å². The molecule has 1 fully saturated rings. The van der Waals surface area contributed by atoms with Crippen LogP contribution in [0.3, 0.4) is 0 Å². The van der Waals surface area contributed by atoms with Gasteiger partial charge in [0.15, 0.2) is 17.5 Å². The third-order valence-corrected chi connectivity index (χ3v) is 3.90. The normalized spacial score (nSPS) is 14.2. The number of halogens is 3. The molecule has 0 saturated heterocycles. The van der Waals surface area contributed by atoms with Crippen LogP contribution in [0.25, 0.3) is 0 Å². The van der Waals surface area contributed by atoms with Gasteiger partial charge in [-0.15, -0.1) is 0 Å².